The molecule has 0 spiro atoms. The lowest BCUT2D eigenvalue weighted by Crippen LogP contribution is -2.62. The molecule has 0 aromatic carbocycles. The van der Waals surface area contributed by atoms with Gasteiger partial charge in [0.25, 0.3) is 0 Å². The molecule has 1 aliphatic carbocycles. The second-order valence-electron chi connectivity index (χ2n) is 6.38. The summed E-state index contributed by atoms with van der Waals surface area (Å²) in [6, 6.07) is 4.19. The molecule has 1 aliphatic rings. The second kappa shape index (κ2) is 6.56. The van der Waals surface area contributed by atoms with E-state index in [1.54, 1.807) is 6.20 Å². The normalized spacial score (nSPS) is 23.4. The first-order valence-electron chi connectivity index (χ1n) is 7.73. The van der Waals surface area contributed by atoms with Crippen molar-refractivity contribution in [3.05, 3.63) is 30.1 Å². The van der Waals surface area contributed by atoms with Crippen LogP contribution in [0.5, 0.6) is 0 Å². The van der Waals surface area contributed by atoms with Gasteiger partial charge in [-0.3, -0.25) is 9.78 Å². The average molecular weight is 290 g/mol. The summed E-state index contributed by atoms with van der Waals surface area (Å²) in [4.78, 5) is 18.4. The zero-order chi connectivity index (χ0) is 15.5. The van der Waals surface area contributed by atoms with Crippen LogP contribution in [0, 0.1) is 5.41 Å². The summed E-state index contributed by atoms with van der Waals surface area (Å²) < 4.78 is 5.74. The van der Waals surface area contributed by atoms with E-state index < -0.39 is 0 Å². The van der Waals surface area contributed by atoms with Gasteiger partial charge in [0.15, 0.2) is 0 Å². The Hall–Kier alpha value is -1.42. The van der Waals surface area contributed by atoms with E-state index in [0.29, 0.717) is 6.42 Å². The fourth-order valence-electron chi connectivity index (χ4n) is 3.15. The molecular formula is C17H26N2O2. The Morgan fingerprint density at radius 1 is 1.52 bits per heavy atom. The van der Waals surface area contributed by atoms with Crippen LogP contribution in [0.4, 0.5) is 0 Å². The summed E-state index contributed by atoms with van der Waals surface area (Å²) in [5.41, 5.74) is 1.15. The van der Waals surface area contributed by atoms with Gasteiger partial charge in [0.2, 0.25) is 5.91 Å². The van der Waals surface area contributed by atoms with Gasteiger partial charge < -0.3 is 9.64 Å². The molecule has 21 heavy (non-hydrogen) atoms. The maximum absolute atomic E-state index is 12.4. The molecule has 1 aromatic rings. The molecule has 1 fully saturated rings. The zero-order valence-corrected chi connectivity index (χ0v) is 13.5. The number of aromatic nitrogens is 1. The topological polar surface area (TPSA) is 42.4 Å². The third-order valence-corrected chi connectivity index (χ3v) is 4.71. The number of hydrogen-bond acceptors (Lipinski definition) is 3. The molecule has 2 atom stereocenters. The number of pyridine rings is 1. The molecular weight excluding hydrogens is 264 g/mol. The standard InChI is InChI=1S/C17H26N2O2/c1-5-21-15-11-14(17(15,2)3)19(4)16(20)9-8-13-7-6-10-18-12-13/h6-7,10,12,14-15H,5,8-9,11H2,1-4H3/t14-,15+/m0/s1. The van der Waals surface area contributed by atoms with Crippen LogP contribution in [0.2, 0.25) is 0 Å². The minimum Gasteiger partial charge on any atom is -0.378 e. The Labute approximate surface area is 127 Å². The first kappa shape index (κ1) is 16.0. The van der Waals surface area contributed by atoms with Crippen LogP contribution >= 0.6 is 0 Å². The molecule has 1 heterocycles. The van der Waals surface area contributed by atoms with Crippen LogP contribution in [0.3, 0.4) is 0 Å². The van der Waals surface area contributed by atoms with Gasteiger partial charge in [-0.15, -0.1) is 0 Å². The lowest BCUT2D eigenvalue weighted by atomic mass is 9.63. The highest BCUT2D eigenvalue weighted by Gasteiger charge is 2.51. The number of nitrogens with zero attached hydrogens (tertiary/aromatic N) is 2. The fraction of sp³-hybridized carbons (Fsp3) is 0.647. The van der Waals surface area contributed by atoms with E-state index in [2.05, 4.69) is 18.8 Å². The Kier molecular flexibility index (Phi) is 4.99. The second-order valence-corrected chi connectivity index (χ2v) is 6.38. The van der Waals surface area contributed by atoms with E-state index in [0.717, 1.165) is 25.0 Å². The minimum atomic E-state index is 0.0364. The average Bonchev–Trinajstić information content (AvgIpc) is 2.49. The molecule has 1 aromatic heterocycles. The van der Waals surface area contributed by atoms with Crippen molar-refractivity contribution in [3.63, 3.8) is 0 Å². The van der Waals surface area contributed by atoms with Crippen molar-refractivity contribution >= 4 is 5.91 Å². The van der Waals surface area contributed by atoms with Gasteiger partial charge in [-0.1, -0.05) is 19.9 Å². The van der Waals surface area contributed by atoms with Crippen molar-refractivity contribution in [3.8, 4) is 0 Å². The van der Waals surface area contributed by atoms with Crippen LogP contribution in [0.15, 0.2) is 24.5 Å². The van der Waals surface area contributed by atoms with E-state index in [9.17, 15) is 4.79 Å². The molecule has 1 saturated carbocycles. The summed E-state index contributed by atoms with van der Waals surface area (Å²) in [6.07, 6.45) is 6.07. The Bertz CT molecular complexity index is 473. The zero-order valence-electron chi connectivity index (χ0n) is 13.5. The monoisotopic (exact) mass is 290 g/mol. The molecule has 0 bridgehead atoms. The Balaban J connectivity index is 1.86. The number of aryl methyl sites for hydroxylation is 1. The van der Waals surface area contributed by atoms with Crippen LogP contribution in [0.1, 0.15) is 39.2 Å². The van der Waals surface area contributed by atoms with Crippen molar-refractivity contribution in [1.82, 2.24) is 9.88 Å². The summed E-state index contributed by atoms with van der Waals surface area (Å²) in [5.74, 6) is 0.201. The van der Waals surface area contributed by atoms with Crippen molar-refractivity contribution in [2.75, 3.05) is 13.7 Å². The summed E-state index contributed by atoms with van der Waals surface area (Å²) in [5, 5.41) is 0. The first-order valence-corrected chi connectivity index (χ1v) is 7.73. The maximum Gasteiger partial charge on any atom is 0.222 e. The van der Waals surface area contributed by atoms with Crippen LogP contribution in [-0.2, 0) is 16.0 Å². The highest BCUT2D eigenvalue weighted by atomic mass is 16.5. The number of ether oxygens (including phenoxy) is 1. The summed E-state index contributed by atoms with van der Waals surface area (Å²) in [7, 11) is 1.92. The predicted molar refractivity (Wildman–Crippen MR) is 82.9 cm³/mol. The van der Waals surface area contributed by atoms with Gasteiger partial charge in [0, 0.05) is 43.9 Å². The molecule has 0 aliphatic heterocycles. The smallest absolute Gasteiger partial charge is 0.222 e. The van der Waals surface area contributed by atoms with Gasteiger partial charge in [-0.25, -0.2) is 0 Å². The Morgan fingerprint density at radius 3 is 2.86 bits per heavy atom. The largest absolute Gasteiger partial charge is 0.378 e. The van der Waals surface area contributed by atoms with Crippen molar-refractivity contribution < 1.29 is 9.53 Å². The highest BCUT2D eigenvalue weighted by Crippen LogP contribution is 2.45. The Morgan fingerprint density at radius 2 is 2.29 bits per heavy atom. The third-order valence-electron chi connectivity index (χ3n) is 4.71. The molecule has 4 heteroatoms. The SMILES string of the molecule is CCO[C@@H]1C[C@H](N(C)C(=O)CCc2cccnc2)C1(C)C. The molecule has 0 unspecified atom stereocenters. The number of carbonyl (C=O) groups excluding carboxylic acids is 1. The molecule has 0 saturated heterocycles. The lowest BCUT2D eigenvalue weighted by molar-refractivity contribution is -0.163. The van der Waals surface area contributed by atoms with Crippen LogP contribution < -0.4 is 0 Å². The van der Waals surface area contributed by atoms with Gasteiger partial charge in [-0.2, -0.15) is 0 Å². The molecule has 0 N–H and O–H groups in total. The molecule has 1 amide bonds. The number of carbonyl (C=O) groups is 1. The molecule has 116 valence electrons. The minimum absolute atomic E-state index is 0.0364. The van der Waals surface area contributed by atoms with E-state index in [1.807, 2.05) is 37.2 Å². The predicted octanol–water partition coefficient (Wildman–Crippen LogP) is 2.68. The number of rotatable bonds is 6. The van der Waals surface area contributed by atoms with E-state index in [1.165, 1.54) is 0 Å². The fourth-order valence-corrected chi connectivity index (χ4v) is 3.15. The van der Waals surface area contributed by atoms with E-state index >= 15 is 0 Å². The van der Waals surface area contributed by atoms with Crippen LogP contribution in [0.25, 0.3) is 0 Å². The highest BCUT2D eigenvalue weighted by molar-refractivity contribution is 5.76. The van der Waals surface area contributed by atoms with Crippen molar-refractivity contribution in [2.24, 2.45) is 5.41 Å². The van der Waals surface area contributed by atoms with Gasteiger partial charge in [0.1, 0.15) is 0 Å². The van der Waals surface area contributed by atoms with Gasteiger partial charge >= 0.3 is 0 Å². The van der Waals surface area contributed by atoms with E-state index in [4.69, 9.17) is 4.74 Å². The van der Waals surface area contributed by atoms with Crippen LogP contribution in [-0.4, -0.2) is 41.6 Å². The molecule has 2 rings (SSSR count). The number of amides is 1. The van der Waals surface area contributed by atoms with Crippen molar-refractivity contribution in [1.29, 1.82) is 0 Å². The molecule has 4 nitrogen and oxygen atoms in total. The van der Waals surface area contributed by atoms with Crippen molar-refractivity contribution in [2.45, 2.75) is 52.2 Å². The first-order chi connectivity index (χ1) is 9.96. The lowest BCUT2D eigenvalue weighted by Gasteiger charge is -2.54. The van der Waals surface area contributed by atoms with Gasteiger partial charge in [-0.05, 0) is 31.4 Å². The summed E-state index contributed by atoms with van der Waals surface area (Å²) >= 11 is 0. The maximum atomic E-state index is 12.4. The molecule has 0 radical (unpaired) electrons. The van der Waals surface area contributed by atoms with E-state index in [-0.39, 0.29) is 23.5 Å². The number of hydrogen-bond donors (Lipinski definition) is 0. The quantitative estimate of drug-likeness (QED) is 0.809. The third kappa shape index (κ3) is 3.43. The van der Waals surface area contributed by atoms with Gasteiger partial charge in [0.05, 0.1) is 6.10 Å². The summed E-state index contributed by atoms with van der Waals surface area (Å²) in [6.45, 7) is 7.13.